The van der Waals surface area contributed by atoms with Gasteiger partial charge >= 0.3 is 0 Å². The molecule has 18 heavy (non-hydrogen) atoms. The molecule has 1 saturated carbocycles. The fourth-order valence-electron chi connectivity index (χ4n) is 3.14. The zero-order chi connectivity index (χ0) is 12.5. The number of aromatic hydroxyl groups is 1. The highest BCUT2D eigenvalue weighted by Gasteiger charge is 2.25. The SMILES string of the molecule is Oc1ccc2ccccc2c1C1CCCC(O)C1. The highest BCUT2D eigenvalue weighted by atomic mass is 16.3. The van der Waals surface area contributed by atoms with Crippen molar-refractivity contribution in [1.29, 1.82) is 0 Å². The van der Waals surface area contributed by atoms with E-state index in [1.807, 2.05) is 18.2 Å². The second kappa shape index (κ2) is 4.62. The Balaban J connectivity index is 2.12. The van der Waals surface area contributed by atoms with E-state index >= 15 is 0 Å². The first kappa shape index (κ1) is 11.5. The van der Waals surface area contributed by atoms with Crippen molar-refractivity contribution in [3.05, 3.63) is 42.0 Å². The lowest BCUT2D eigenvalue weighted by Gasteiger charge is -2.27. The van der Waals surface area contributed by atoms with Crippen LogP contribution in [0.3, 0.4) is 0 Å². The lowest BCUT2D eigenvalue weighted by atomic mass is 9.80. The van der Waals surface area contributed by atoms with Crippen LogP contribution in [0.5, 0.6) is 5.75 Å². The maximum atomic E-state index is 10.2. The maximum Gasteiger partial charge on any atom is 0.119 e. The second-order valence-corrected chi connectivity index (χ2v) is 5.24. The summed E-state index contributed by atoms with van der Waals surface area (Å²) in [5, 5.41) is 22.3. The van der Waals surface area contributed by atoms with Crippen molar-refractivity contribution in [3.8, 4) is 5.75 Å². The molecule has 1 aliphatic rings. The number of fused-ring (bicyclic) bond motifs is 1. The minimum absolute atomic E-state index is 0.220. The third-order valence-electron chi connectivity index (χ3n) is 4.00. The molecule has 0 amide bonds. The minimum Gasteiger partial charge on any atom is -0.508 e. The molecule has 0 spiro atoms. The molecule has 0 radical (unpaired) electrons. The van der Waals surface area contributed by atoms with Gasteiger partial charge in [0.15, 0.2) is 0 Å². The third-order valence-corrected chi connectivity index (χ3v) is 4.00. The molecular formula is C16H18O2. The van der Waals surface area contributed by atoms with E-state index in [1.165, 1.54) is 0 Å². The van der Waals surface area contributed by atoms with Gasteiger partial charge in [0.05, 0.1) is 6.10 Å². The lowest BCUT2D eigenvalue weighted by molar-refractivity contribution is 0.119. The van der Waals surface area contributed by atoms with Gasteiger partial charge in [0.25, 0.3) is 0 Å². The van der Waals surface area contributed by atoms with Crippen molar-refractivity contribution in [2.75, 3.05) is 0 Å². The van der Waals surface area contributed by atoms with Gasteiger partial charge in [-0.15, -0.1) is 0 Å². The molecule has 0 aromatic heterocycles. The molecule has 0 aliphatic heterocycles. The fraction of sp³-hybridized carbons (Fsp3) is 0.375. The molecule has 1 fully saturated rings. The summed E-state index contributed by atoms with van der Waals surface area (Å²) in [5.41, 5.74) is 1.02. The van der Waals surface area contributed by atoms with Crippen LogP contribution in [0.1, 0.15) is 37.2 Å². The summed E-state index contributed by atoms with van der Waals surface area (Å²) in [4.78, 5) is 0. The molecule has 0 heterocycles. The Morgan fingerprint density at radius 2 is 1.83 bits per heavy atom. The topological polar surface area (TPSA) is 40.5 Å². The first-order valence-electron chi connectivity index (χ1n) is 6.64. The van der Waals surface area contributed by atoms with Gasteiger partial charge in [0.2, 0.25) is 0 Å². The van der Waals surface area contributed by atoms with Crippen molar-refractivity contribution in [2.24, 2.45) is 0 Å². The monoisotopic (exact) mass is 242 g/mol. The van der Waals surface area contributed by atoms with Crippen LogP contribution in [0, 0.1) is 0 Å². The molecule has 1 aliphatic carbocycles. The number of rotatable bonds is 1. The van der Waals surface area contributed by atoms with Crippen LogP contribution >= 0.6 is 0 Å². The van der Waals surface area contributed by atoms with Gasteiger partial charge < -0.3 is 10.2 Å². The molecule has 2 N–H and O–H groups in total. The summed E-state index contributed by atoms with van der Waals surface area (Å²) >= 11 is 0. The highest BCUT2D eigenvalue weighted by Crippen LogP contribution is 2.41. The van der Waals surface area contributed by atoms with Gasteiger partial charge in [-0.1, -0.05) is 36.8 Å². The molecule has 2 aromatic rings. The number of benzene rings is 2. The van der Waals surface area contributed by atoms with Crippen LogP contribution in [-0.2, 0) is 0 Å². The number of aliphatic hydroxyl groups is 1. The minimum atomic E-state index is -0.220. The molecule has 94 valence electrons. The Morgan fingerprint density at radius 3 is 2.67 bits per heavy atom. The van der Waals surface area contributed by atoms with Crippen LogP contribution in [-0.4, -0.2) is 16.3 Å². The smallest absolute Gasteiger partial charge is 0.119 e. The van der Waals surface area contributed by atoms with Crippen LogP contribution in [0.2, 0.25) is 0 Å². The van der Waals surface area contributed by atoms with Crippen LogP contribution in [0.25, 0.3) is 10.8 Å². The van der Waals surface area contributed by atoms with Crippen LogP contribution in [0.4, 0.5) is 0 Å². The number of hydrogen-bond acceptors (Lipinski definition) is 2. The summed E-state index contributed by atoms with van der Waals surface area (Å²) in [6.07, 6.45) is 3.53. The van der Waals surface area contributed by atoms with Crippen molar-refractivity contribution >= 4 is 10.8 Å². The van der Waals surface area contributed by atoms with Gasteiger partial charge in [-0.25, -0.2) is 0 Å². The Morgan fingerprint density at radius 1 is 1.00 bits per heavy atom. The van der Waals surface area contributed by atoms with Crippen molar-refractivity contribution in [3.63, 3.8) is 0 Å². The van der Waals surface area contributed by atoms with Crippen LogP contribution < -0.4 is 0 Å². The molecule has 3 rings (SSSR count). The standard InChI is InChI=1S/C16H18O2/c17-13-6-3-5-12(10-13)16-14-7-2-1-4-11(14)8-9-15(16)18/h1-2,4,7-9,12-13,17-18H,3,5-6,10H2. The zero-order valence-electron chi connectivity index (χ0n) is 10.3. The van der Waals surface area contributed by atoms with Crippen molar-refractivity contribution in [1.82, 2.24) is 0 Å². The Labute approximate surface area is 107 Å². The Hall–Kier alpha value is -1.54. The van der Waals surface area contributed by atoms with Gasteiger partial charge in [-0.2, -0.15) is 0 Å². The molecule has 2 atom stereocenters. The maximum absolute atomic E-state index is 10.2. The van der Waals surface area contributed by atoms with Gasteiger partial charge in [0, 0.05) is 5.56 Å². The Kier molecular flexibility index (Phi) is 2.96. The first-order valence-corrected chi connectivity index (χ1v) is 6.64. The van der Waals surface area contributed by atoms with Crippen molar-refractivity contribution < 1.29 is 10.2 Å². The molecule has 0 saturated heterocycles. The molecule has 2 aromatic carbocycles. The lowest BCUT2D eigenvalue weighted by Crippen LogP contribution is -2.18. The van der Waals surface area contributed by atoms with Gasteiger partial charge in [0.1, 0.15) is 5.75 Å². The van der Waals surface area contributed by atoms with E-state index in [0.717, 1.165) is 42.0 Å². The molecule has 2 nitrogen and oxygen atoms in total. The van der Waals surface area contributed by atoms with E-state index in [9.17, 15) is 10.2 Å². The summed E-state index contributed by atoms with van der Waals surface area (Å²) < 4.78 is 0. The van der Waals surface area contributed by atoms with E-state index < -0.39 is 0 Å². The van der Waals surface area contributed by atoms with Gasteiger partial charge in [-0.05, 0) is 42.0 Å². The molecule has 2 heteroatoms. The average Bonchev–Trinajstić information content (AvgIpc) is 2.38. The van der Waals surface area contributed by atoms with E-state index in [2.05, 4.69) is 12.1 Å². The summed E-state index contributed by atoms with van der Waals surface area (Å²) in [6.45, 7) is 0. The predicted molar refractivity (Wildman–Crippen MR) is 72.8 cm³/mol. The molecule has 2 unspecified atom stereocenters. The van der Waals surface area contributed by atoms with E-state index in [4.69, 9.17) is 0 Å². The average molecular weight is 242 g/mol. The summed E-state index contributed by atoms with van der Waals surface area (Å²) in [5.74, 6) is 0.646. The summed E-state index contributed by atoms with van der Waals surface area (Å²) in [6, 6.07) is 11.9. The molecular weight excluding hydrogens is 224 g/mol. The number of hydrogen-bond donors (Lipinski definition) is 2. The van der Waals surface area contributed by atoms with Crippen LogP contribution in [0.15, 0.2) is 36.4 Å². The predicted octanol–water partition coefficient (Wildman–Crippen LogP) is 3.56. The quantitative estimate of drug-likeness (QED) is 0.802. The Bertz CT molecular complexity index is 562. The zero-order valence-corrected chi connectivity index (χ0v) is 10.3. The molecule has 0 bridgehead atoms. The largest absolute Gasteiger partial charge is 0.508 e. The van der Waals surface area contributed by atoms with E-state index in [0.29, 0.717) is 5.75 Å². The highest BCUT2D eigenvalue weighted by molar-refractivity contribution is 5.88. The van der Waals surface area contributed by atoms with E-state index in [1.54, 1.807) is 6.07 Å². The van der Waals surface area contributed by atoms with Crippen molar-refractivity contribution in [2.45, 2.75) is 37.7 Å². The van der Waals surface area contributed by atoms with Gasteiger partial charge in [-0.3, -0.25) is 0 Å². The number of phenols is 1. The second-order valence-electron chi connectivity index (χ2n) is 5.24. The normalized spacial score (nSPS) is 24.3. The number of phenolic OH excluding ortho intramolecular Hbond substituents is 1. The number of aliphatic hydroxyl groups excluding tert-OH is 1. The van der Waals surface area contributed by atoms with E-state index in [-0.39, 0.29) is 12.0 Å². The fourth-order valence-corrected chi connectivity index (χ4v) is 3.14. The first-order chi connectivity index (χ1) is 8.75. The third kappa shape index (κ3) is 1.97. The summed E-state index contributed by atoms with van der Waals surface area (Å²) in [7, 11) is 0.